The fourth-order valence-corrected chi connectivity index (χ4v) is 1.45. The van der Waals surface area contributed by atoms with Crippen molar-refractivity contribution >= 4 is 11.9 Å². The zero-order valence-electron chi connectivity index (χ0n) is 9.39. The van der Waals surface area contributed by atoms with Crippen molar-refractivity contribution in [2.24, 2.45) is 4.99 Å². The van der Waals surface area contributed by atoms with Gasteiger partial charge in [-0.3, -0.25) is 4.99 Å². The van der Waals surface area contributed by atoms with Crippen LogP contribution in [0.5, 0.6) is 5.75 Å². The summed E-state index contributed by atoms with van der Waals surface area (Å²) in [5, 5.41) is 9.61. The zero-order valence-corrected chi connectivity index (χ0v) is 9.39. The Hall–Kier alpha value is -2.16. The van der Waals surface area contributed by atoms with E-state index in [9.17, 15) is 9.50 Å². The minimum Gasteiger partial charge on any atom is -0.507 e. The number of phenolic OH excluding ortho intramolecular Hbond substituents is 1. The summed E-state index contributed by atoms with van der Waals surface area (Å²) in [6.45, 7) is 1.94. The van der Waals surface area contributed by atoms with Crippen LogP contribution in [0.1, 0.15) is 11.1 Å². The Morgan fingerprint density at radius 2 is 1.82 bits per heavy atom. The third kappa shape index (κ3) is 2.91. The molecule has 17 heavy (non-hydrogen) atoms. The Bertz CT molecular complexity index is 547. The minimum atomic E-state index is -0.289. The normalized spacial score (nSPS) is 10.9. The van der Waals surface area contributed by atoms with Crippen LogP contribution in [0.25, 0.3) is 0 Å². The molecular weight excluding hydrogens is 217 g/mol. The first kappa shape index (κ1) is 11.3. The molecule has 0 amide bonds. The topological polar surface area (TPSA) is 32.6 Å². The quantitative estimate of drug-likeness (QED) is 0.784. The largest absolute Gasteiger partial charge is 0.507 e. The number of hydrogen-bond donors (Lipinski definition) is 1. The van der Waals surface area contributed by atoms with Crippen LogP contribution in [0, 0.1) is 12.7 Å². The van der Waals surface area contributed by atoms with Crippen molar-refractivity contribution in [2.45, 2.75) is 6.92 Å². The molecule has 2 aromatic carbocycles. The molecule has 3 heteroatoms. The first-order valence-electron chi connectivity index (χ1n) is 5.24. The summed E-state index contributed by atoms with van der Waals surface area (Å²) in [5.41, 5.74) is 2.34. The maximum Gasteiger partial charge on any atom is 0.124 e. The minimum absolute atomic E-state index is 0.182. The second-order valence-corrected chi connectivity index (χ2v) is 3.80. The van der Waals surface area contributed by atoms with E-state index in [4.69, 9.17) is 0 Å². The van der Waals surface area contributed by atoms with Crippen LogP contribution in [0.2, 0.25) is 0 Å². The van der Waals surface area contributed by atoms with Crippen molar-refractivity contribution < 1.29 is 9.50 Å². The second-order valence-electron chi connectivity index (χ2n) is 3.80. The molecule has 0 aliphatic carbocycles. The third-order valence-corrected chi connectivity index (χ3v) is 2.36. The highest BCUT2D eigenvalue weighted by molar-refractivity contribution is 5.85. The Kier molecular flexibility index (Phi) is 3.19. The fourth-order valence-electron chi connectivity index (χ4n) is 1.45. The van der Waals surface area contributed by atoms with E-state index in [1.54, 1.807) is 24.4 Å². The number of rotatable bonds is 2. The number of phenols is 1. The number of nitrogens with zero attached hydrogens (tertiary/aromatic N) is 1. The Labute approximate surface area is 99.1 Å². The fraction of sp³-hybridized carbons (Fsp3) is 0.0714. The van der Waals surface area contributed by atoms with Crippen LogP contribution in [-0.4, -0.2) is 11.3 Å². The molecule has 0 saturated carbocycles. The van der Waals surface area contributed by atoms with E-state index in [1.807, 2.05) is 19.1 Å². The smallest absolute Gasteiger partial charge is 0.124 e. The number of aromatic hydroxyl groups is 1. The van der Waals surface area contributed by atoms with Gasteiger partial charge in [0.05, 0.1) is 5.69 Å². The summed E-state index contributed by atoms with van der Waals surface area (Å²) in [4.78, 5) is 4.17. The molecule has 0 radical (unpaired) electrons. The number of aliphatic imine (C=N–C) groups is 1. The molecule has 2 nitrogen and oxygen atoms in total. The van der Waals surface area contributed by atoms with Crippen molar-refractivity contribution in [3.63, 3.8) is 0 Å². The summed E-state index contributed by atoms with van der Waals surface area (Å²) in [6.07, 6.45) is 1.57. The Morgan fingerprint density at radius 1 is 1.12 bits per heavy atom. The first-order chi connectivity index (χ1) is 8.15. The van der Waals surface area contributed by atoms with Crippen LogP contribution < -0.4 is 0 Å². The third-order valence-electron chi connectivity index (χ3n) is 2.36. The molecule has 0 aromatic heterocycles. The van der Waals surface area contributed by atoms with Gasteiger partial charge in [-0.15, -0.1) is 0 Å². The highest BCUT2D eigenvalue weighted by Crippen LogP contribution is 2.18. The number of halogens is 1. The van der Waals surface area contributed by atoms with Crippen molar-refractivity contribution in [2.75, 3.05) is 0 Å². The lowest BCUT2D eigenvalue weighted by Crippen LogP contribution is -1.83. The average molecular weight is 229 g/mol. The average Bonchev–Trinajstić information content (AvgIpc) is 2.32. The van der Waals surface area contributed by atoms with E-state index in [0.717, 1.165) is 5.56 Å². The molecule has 0 bridgehead atoms. The van der Waals surface area contributed by atoms with Gasteiger partial charge >= 0.3 is 0 Å². The predicted octanol–water partition coefficient (Wildman–Crippen LogP) is 3.59. The molecule has 1 N–H and O–H groups in total. The Balaban J connectivity index is 2.25. The molecule has 0 atom stereocenters. The first-order valence-corrected chi connectivity index (χ1v) is 5.24. The lowest BCUT2D eigenvalue weighted by molar-refractivity contribution is 0.474. The van der Waals surface area contributed by atoms with Gasteiger partial charge in [0.15, 0.2) is 0 Å². The van der Waals surface area contributed by atoms with Crippen LogP contribution in [-0.2, 0) is 0 Å². The van der Waals surface area contributed by atoms with Crippen LogP contribution in [0.15, 0.2) is 47.5 Å². The van der Waals surface area contributed by atoms with E-state index in [2.05, 4.69) is 4.99 Å². The molecule has 86 valence electrons. The summed E-state index contributed by atoms with van der Waals surface area (Å²) in [6, 6.07) is 11.1. The molecule has 0 fully saturated rings. The Morgan fingerprint density at radius 3 is 2.53 bits per heavy atom. The monoisotopic (exact) mass is 229 g/mol. The molecular formula is C14H12FNO. The summed E-state index contributed by atoms with van der Waals surface area (Å²) >= 11 is 0. The van der Waals surface area contributed by atoms with Crippen LogP contribution >= 0.6 is 0 Å². The molecule has 0 saturated heterocycles. The predicted molar refractivity (Wildman–Crippen MR) is 66.5 cm³/mol. The SMILES string of the molecule is Cc1ccc(O)c(/C=N/c2ccc(F)cc2)c1. The molecule has 2 aromatic rings. The van der Waals surface area contributed by atoms with Crippen molar-refractivity contribution in [3.8, 4) is 5.75 Å². The van der Waals surface area contributed by atoms with E-state index >= 15 is 0 Å². The molecule has 0 aliphatic rings. The van der Waals surface area contributed by atoms with Crippen molar-refractivity contribution in [3.05, 3.63) is 59.4 Å². The van der Waals surface area contributed by atoms with Gasteiger partial charge in [0, 0.05) is 11.8 Å². The highest BCUT2D eigenvalue weighted by atomic mass is 19.1. The summed E-state index contributed by atoms with van der Waals surface area (Å²) in [5.74, 6) is -0.108. The van der Waals surface area contributed by atoms with Gasteiger partial charge < -0.3 is 5.11 Å². The maximum atomic E-state index is 12.7. The van der Waals surface area contributed by atoms with Crippen LogP contribution in [0.4, 0.5) is 10.1 Å². The summed E-state index contributed by atoms with van der Waals surface area (Å²) < 4.78 is 12.7. The van der Waals surface area contributed by atoms with E-state index in [0.29, 0.717) is 11.3 Å². The van der Waals surface area contributed by atoms with E-state index < -0.39 is 0 Å². The van der Waals surface area contributed by atoms with Gasteiger partial charge in [-0.25, -0.2) is 4.39 Å². The van der Waals surface area contributed by atoms with Crippen molar-refractivity contribution in [1.29, 1.82) is 0 Å². The molecule has 0 unspecified atom stereocenters. The van der Waals surface area contributed by atoms with Crippen molar-refractivity contribution in [1.82, 2.24) is 0 Å². The van der Waals surface area contributed by atoms with Crippen LogP contribution in [0.3, 0.4) is 0 Å². The van der Waals surface area contributed by atoms with E-state index in [1.165, 1.54) is 12.1 Å². The van der Waals surface area contributed by atoms with Gasteiger partial charge in [0.25, 0.3) is 0 Å². The lowest BCUT2D eigenvalue weighted by atomic mass is 10.1. The number of hydrogen-bond acceptors (Lipinski definition) is 2. The van der Waals surface area contributed by atoms with E-state index in [-0.39, 0.29) is 11.6 Å². The summed E-state index contributed by atoms with van der Waals surface area (Å²) in [7, 11) is 0. The maximum absolute atomic E-state index is 12.7. The molecule has 2 rings (SSSR count). The van der Waals surface area contributed by atoms with Gasteiger partial charge in [0.2, 0.25) is 0 Å². The highest BCUT2D eigenvalue weighted by Gasteiger charge is 1.97. The van der Waals surface area contributed by atoms with Gasteiger partial charge in [-0.05, 0) is 43.3 Å². The molecule has 0 aliphatic heterocycles. The number of aryl methyl sites for hydroxylation is 1. The molecule has 0 heterocycles. The standard InChI is InChI=1S/C14H12FNO/c1-10-2-7-14(17)11(8-10)9-16-13-5-3-12(15)4-6-13/h2-9,17H,1H3/b16-9+. The molecule has 0 spiro atoms. The van der Waals surface area contributed by atoms with Gasteiger partial charge in [-0.1, -0.05) is 11.6 Å². The second kappa shape index (κ2) is 4.78. The zero-order chi connectivity index (χ0) is 12.3. The number of benzene rings is 2. The van der Waals surface area contributed by atoms with Gasteiger partial charge in [-0.2, -0.15) is 0 Å². The van der Waals surface area contributed by atoms with Gasteiger partial charge in [0.1, 0.15) is 11.6 Å². The lowest BCUT2D eigenvalue weighted by Gasteiger charge is -2.00.